The molecule has 1 atom stereocenters. The summed E-state index contributed by atoms with van der Waals surface area (Å²) in [6.07, 6.45) is 5.51. The summed E-state index contributed by atoms with van der Waals surface area (Å²) >= 11 is 3.62. The monoisotopic (exact) mass is 312 g/mol. The molecule has 100 valence electrons. The fraction of sp³-hybridized carbons (Fsp3) is 0.692. The van der Waals surface area contributed by atoms with E-state index in [9.17, 15) is 0 Å². The molecule has 1 saturated heterocycles. The van der Waals surface area contributed by atoms with Crippen molar-refractivity contribution >= 4 is 27.6 Å². The van der Waals surface area contributed by atoms with Crippen LogP contribution in [0, 0.1) is 5.92 Å². The quantitative estimate of drug-likeness (QED) is 0.905. The van der Waals surface area contributed by atoms with Crippen molar-refractivity contribution in [3.63, 3.8) is 0 Å². The van der Waals surface area contributed by atoms with Crippen LogP contribution in [0.4, 0.5) is 11.6 Å². The predicted molar refractivity (Wildman–Crippen MR) is 79.1 cm³/mol. The zero-order valence-electron chi connectivity index (χ0n) is 11.1. The molecule has 0 radical (unpaired) electrons. The van der Waals surface area contributed by atoms with Crippen molar-refractivity contribution in [2.45, 2.75) is 33.1 Å². The maximum absolute atomic E-state index is 4.43. The molecule has 5 heteroatoms. The highest BCUT2D eigenvalue weighted by Gasteiger charge is 2.25. The summed E-state index contributed by atoms with van der Waals surface area (Å²) in [5.41, 5.74) is 0. The summed E-state index contributed by atoms with van der Waals surface area (Å²) < 4.78 is 0.990. The van der Waals surface area contributed by atoms with Crippen molar-refractivity contribution in [3.05, 3.63) is 10.8 Å². The van der Waals surface area contributed by atoms with Crippen LogP contribution < -0.4 is 10.2 Å². The van der Waals surface area contributed by atoms with Crippen molar-refractivity contribution in [2.75, 3.05) is 29.9 Å². The van der Waals surface area contributed by atoms with Crippen LogP contribution in [0.5, 0.6) is 0 Å². The first kappa shape index (κ1) is 13.6. The molecule has 4 nitrogen and oxygen atoms in total. The van der Waals surface area contributed by atoms with Gasteiger partial charge in [0.05, 0.1) is 0 Å². The summed E-state index contributed by atoms with van der Waals surface area (Å²) in [4.78, 5) is 11.1. The highest BCUT2D eigenvalue weighted by molar-refractivity contribution is 9.10. The Morgan fingerprint density at radius 3 is 3.00 bits per heavy atom. The second-order valence-corrected chi connectivity index (χ2v) is 5.57. The lowest BCUT2D eigenvalue weighted by Gasteiger charge is -2.20. The van der Waals surface area contributed by atoms with Crippen LogP contribution in [0.15, 0.2) is 10.8 Å². The Morgan fingerprint density at radius 1 is 1.44 bits per heavy atom. The van der Waals surface area contributed by atoms with Crippen LogP contribution in [-0.2, 0) is 0 Å². The van der Waals surface area contributed by atoms with E-state index in [4.69, 9.17) is 0 Å². The fourth-order valence-corrected chi connectivity index (χ4v) is 3.14. The number of hydrogen-bond donors (Lipinski definition) is 1. The molecule has 0 spiro atoms. The molecule has 1 N–H and O–H groups in total. The van der Waals surface area contributed by atoms with Gasteiger partial charge in [-0.15, -0.1) is 0 Å². The van der Waals surface area contributed by atoms with E-state index in [1.54, 1.807) is 6.33 Å². The van der Waals surface area contributed by atoms with Gasteiger partial charge in [0.25, 0.3) is 0 Å². The minimum Gasteiger partial charge on any atom is -0.369 e. The highest BCUT2D eigenvalue weighted by Crippen LogP contribution is 2.33. The van der Waals surface area contributed by atoms with Crippen molar-refractivity contribution in [3.8, 4) is 0 Å². The molecular weight excluding hydrogens is 292 g/mol. The zero-order valence-corrected chi connectivity index (χ0v) is 12.7. The molecule has 0 saturated carbocycles. The van der Waals surface area contributed by atoms with Gasteiger partial charge in [0.2, 0.25) is 0 Å². The van der Waals surface area contributed by atoms with E-state index >= 15 is 0 Å². The van der Waals surface area contributed by atoms with Crippen LogP contribution in [0.3, 0.4) is 0 Å². The van der Waals surface area contributed by atoms with Crippen molar-refractivity contribution in [2.24, 2.45) is 5.92 Å². The fourth-order valence-electron chi connectivity index (χ4n) is 2.54. The molecule has 0 aliphatic carbocycles. The van der Waals surface area contributed by atoms with E-state index in [0.717, 1.165) is 41.7 Å². The molecule has 0 amide bonds. The first-order chi connectivity index (χ1) is 8.76. The maximum Gasteiger partial charge on any atom is 0.148 e. The molecule has 1 fully saturated rings. The van der Waals surface area contributed by atoms with Crippen LogP contribution in [-0.4, -0.2) is 29.6 Å². The number of hydrogen-bond acceptors (Lipinski definition) is 4. The number of halogens is 1. The molecular formula is C13H21BrN4. The molecule has 0 bridgehead atoms. The Bertz CT molecular complexity index is 397. The molecule has 18 heavy (non-hydrogen) atoms. The van der Waals surface area contributed by atoms with E-state index < -0.39 is 0 Å². The van der Waals surface area contributed by atoms with Gasteiger partial charge in [-0.25, -0.2) is 9.97 Å². The normalized spacial score (nSPS) is 19.3. The van der Waals surface area contributed by atoms with E-state index in [2.05, 4.69) is 50.0 Å². The summed E-state index contributed by atoms with van der Waals surface area (Å²) in [6, 6.07) is 0. The van der Waals surface area contributed by atoms with E-state index in [-0.39, 0.29) is 0 Å². The Hall–Kier alpha value is -0.840. The molecule has 1 aliphatic rings. The lowest BCUT2D eigenvalue weighted by atomic mass is 10.0. The van der Waals surface area contributed by atoms with Gasteiger partial charge in [-0.3, -0.25) is 0 Å². The van der Waals surface area contributed by atoms with Crippen molar-refractivity contribution in [1.29, 1.82) is 0 Å². The Balaban J connectivity index is 2.12. The number of rotatable bonds is 5. The van der Waals surface area contributed by atoms with Gasteiger partial charge in [-0.1, -0.05) is 13.3 Å². The number of aromatic nitrogens is 2. The maximum atomic E-state index is 4.43. The van der Waals surface area contributed by atoms with E-state index in [1.807, 2.05) is 0 Å². The molecule has 2 rings (SSSR count). The average molecular weight is 313 g/mol. The average Bonchev–Trinajstić information content (AvgIpc) is 2.81. The Morgan fingerprint density at radius 2 is 2.28 bits per heavy atom. The lowest BCUT2D eigenvalue weighted by Crippen LogP contribution is -2.22. The van der Waals surface area contributed by atoms with Crippen LogP contribution in [0.25, 0.3) is 0 Å². The van der Waals surface area contributed by atoms with Gasteiger partial charge in [0.15, 0.2) is 0 Å². The summed E-state index contributed by atoms with van der Waals surface area (Å²) in [5.74, 6) is 2.74. The van der Waals surface area contributed by atoms with Crippen LogP contribution in [0.2, 0.25) is 0 Å². The topological polar surface area (TPSA) is 41.1 Å². The van der Waals surface area contributed by atoms with Gasteiger partial charge in [0, 0.05) is 19.6 Å². The molecule has 0 aromatic carbocycles. The van der Waals surface area contributed by atoms with Crippen molar-refractivity contribution < 1.29 is 0 Å². The number of nitrogens with zero attached hydrogens (tertiary/aromatic N) is 3. The van der Waals surface area contributed by atoms with E-state index in [0.29, 0.717) is 0 Å². The SMILES string of the molecule is CCCC1CCN(c2ncnc(NCC)c2Br)C1. The third-order valence-corrected chi connectivity index (χ3v) is 4.13. The van der Waals surface area contributed by atoms with Gasteiger partial charge in [-0.2, -0.15) is 0 Å². The Labute approximate surface area is 117 Å². The van der Waals surface area contributed by atoms with Crippen LogP contribution in [0.1, 0.15) is 33.1 Å². The minimum atomic E-state index is 0.819. The summed E-state index contributed by atoms with van der Waals surface area (Å²) in [5, 5.41) is 3.25. The first-order valence-corrected chi connectivity index (χ1v) is 7.54. The largest absolute Gasteiger partial charge is 0.369 e. The molecule has 1 unspecified atom stereocenters. The lowest BCUT2D eigenvalue weighted by molar-refractivity contribution is 0.529. The van der Waals surface area contributed by atoms with E-state index in [1.165, 1.54) is 19.3 Å². The second kappa shape index (κ2) is 6.36. The molecule has 1 aromatic heterocycles. The third-order valence-electron chi connectivity index (χ3n) is 3.40. The molecule has 1 aliphatic heterocycles. The standard InChI is InChI=1S/C13H21BrN4/c1-3-5-10-6-7-18(8-10)13-11(14)12(15-4-2)16-9-17-13/h9-10H,3-8H2,1-2H3,(H,15,16,17). The Kier molecular flexibility index (Phi) is 4.80. The van der Waals surface area contributed by atoms with Gasteiger partial charge < -0.3 is 10.2 Å². The highest BCUT2D eigenvalue weighted by atomic mass is 79.9. The smallest absolute Gasteiger partial charge is 0.148 e. The second-order valence-electron chi connectivity index (χ2n) is 4.78. The van der Waals surface area contributed by atoms with Crippen LogP contribution >= 0.6 is 15.9 Å². The van der Waals surface area contributed by atoms with Gasteiger partial charge in [-0.05, 0) is 41.6 Å². The summed E-state index contributed by atoms with van der Waals surface area (Å²) in [7, 11) is 0. The van der Waals surface area contributed by atoms with Gasteiger partial charge >= 0.3 is 0 Å². The molecule has 2 heterocycles. The number of anilines is 2. The zero-order chi connectivity index (χ0) is 13.0. The summed E-state index contributed by atoms with van der Waals surface area (Å²) in [6.45, 7) is 7.42. The number of nitrogens with one attached hydrogen (secondary N) is 1. The minimum absolute atomic E-state index is 0.819. The van der Waals surface area contributed by atoms with Crippen molar-refractivity contribution in [1.82, 2.24) is 9.97 Å². The molecule has 1 aromatic rings. The van der Waals surface area contributed by atoms with Gasteiger partial charge in [0.1, 0.15) is 22.4 Å². The third kappa shape index (κ3) is 2.94. The first-order valence-electron chi connectivity index (χ1n) is 6.75. The predicted octanol–water partition coefficient (Wildman–Crippen LogP) is 3.30.